The summed E-state index contributed by atoms with van der Waals surface area (Å²) in [7, 11) is 1.57. The summed E-state index contributed by atoms with van der Waals surface area (Å²) in [5.41, 5.74) is 1.55. The van der Waals surface area contributed by atoms with Crippen LogP contribution < -0.4 is 10.6 Å². The second kappa shape index (κ2) is 4.93. The minimum absolute atomic E-state index is 0.0818. The zero-order valence-electron chi connectivity index (χ0n) is 9.01. The molecular formula is C10H14N2O2S. The topological polar surface area (TPSA) is 58.2 Å². The highest BCUT2D eigenvalue weighted by Gasteiger charge is 2.16. The van der Waals surface area contributed by atoms with Crippen LogP contribution in [0.3, 0.4) is 0 Å². The highest BCUT2D eigenvalue weighted by molar-refractivity contribution is 7.13. The predicted molar refractivity (Wildman–Crippen MR) is 61.4 cm³/mol. The highest BCUT2D eigenvalue weighted by atomic mass is 32.1. The van der Waals surface area contributed by atoms with E-state index in [0.29, 0.717) is 17.0 Å². The number of hydrogen-bond acceptors (Lipinski definition) is 3. The monoisotopic (exact) mass is 226 g/mol. The lowest BCUT2D eigenvalue weighted by Gasteiger charge is -2.05. The van der Waals surface area contributed by atoms with E-state index in [2.05, 4.69) is 10.6 Å². The summed E-state index contributed by atoms with van der Waals surface area (Å²) in [5.74, 6) is -0.249. The van der Waals surface area contributed by atoms with Crippen molar-refractivity contribution in [1.82, 2.24) is 5.32 Å². The Morgan fingerprint density at radius 2 is 2.13 bits per heavy atom. The third kappa shape index (κ3) is 2.56. The fraction of sp³-hybridized carbons (Fsp3) is 0.400. The largest absolute Gasteiger partial charge is 0.354 e. The average molecular weight is 226 g/mol. The fourth-order valence-corrected chi connectivity index (χ4v) is 2.06. The van der Waals surface area contributed by atoms with Gasteiger partial charge in [0.2, 0.25) is 5.91 Å². The third-order valence-electron chi connectivity index (χ3n) is 1.99. The van der Waals surface area contributed by atoms with Crippen molar-refractivity contribution in [3.8, 4) is 0 Å². The van der Waals surface area contributed by atoms with Gasteiger partial charge in [-0.3, -0.25) is 9.59 Å². The van der Waals surface area contributed by atoms with E-state index in [-0.39, 0.29) is 11.8 Å². The second-order valence-electron chi connectivity index (χ2n) is 3.10. The van der Waals surface area contributed by atoms with E-state index in [9.17, 15) is 9.59 Å². The molecule has 0 fully saturated rings. The van der Waals surface area contributed by atoms with Crippen LogP contribution in [-0.2, 0) is 4.79 Å². The number of amides is 2. The number of thiophene rings is 1. The molecule has 0 aliphatic carbocycles. The van der Waals surface area contributed by atoms with Gasteiger partial charge in [-0.2, -0.15) is 0 Å². The Hall–Kier alpha value is -1.36. The molecule has 1 rings (SSSR count). The zero-order valence-corrected chi connectivity index (χ0v) is 9.83. The molecule has 5 heteroatoms. The molecule has 1 heterocycles. The smallest absolute Gasteiger partial charge is 0.263 e. The fourth-order valence-electron chi connectivity index (χ4n) is 1.11. The summed E-state index contributed by atoms with van der Waals surface area (Å²) < 4.78 is 0. The summed E-state index contributed by atoms with van der Waals surface area (Å²) in [5, 5.41) is 7.14. The molecule has 1 aromatic heterocycles. The highest BCUT2D eigenvalue weighted by Crippen LogP contribution is 2.27. The number of carbonyl (C=O) groups is 2. The van der Waals surface area contributed by atoms with E-state index < -0.39 is 0 Å². The zero-order chi connectivity index (χ0) is 11.4. The molecule has 82 valence electrons. The number of rotatable bonds is 3. The molecule has 0 aromatic carbocycles. The number of hydrogen-bond donors (Lipinski definition) is 2. The van der Waals surface area contributed by atoms with Gasteiger partial charge in [0.25, 0.3) is 5.91 Å². The third-order valence-corrected chi connectivity index (χ3v) is 3.09. The molecule has 2 N–H and O–H groups in total. The average Bonchev–Trinajstić information content (AvgIpc) is 2.59. The summed E-state index contributed by atoms with van der Waals surface area (Å²) in [6.45, 7) is 3.64. The van der Waals surface area contributed by atoms with Crippen LogP contribution >= 0.6 is 11.3 Å². The number of aryl methyl sites for hydroxylation is 1. The first-order chi connectivity index (χ1) is 7.10. The van der Waals surface area contributed by atoms with Gasteiger partial charge in [-0.25, -0.2) is 0 Å². The minimum Gasteiger partial charge on any atom is -0.354 e. The Kier molecular flexibility index (Phi) is 3.85. The van der Waals surface area contributed by atoms with Gasteiger partial charge in [0.1, 0.15) is 4.88 Å². The summed E-state index contributed by atoms with van der Waals surface area (Å²) in [6, 6.07) is 0. The Labute approximate surface area is 92.7 Å². The van der Waals surface area contributed by atoms with Crippen LogP contribution in [0, 0.1) is 6.92 Å². The SMILES string of the molecule is CCC(=O)Nc1c(C)csc1C(=O)NC. The molecule has 2 amide bonds. The lowest BCUT2D eigenvalue weighted by Crippen LogP contribution is -2.19. The van der Waals surface area contributed by atoms with Crippen LogP contribution in [0.2, 0.25) is 0 Å². The second-order valence-corrected chi connectivity index (χ2v) is 3.98. The predicted octanol–water partition coefficient (Wildman–Crippen LogP) is 1.76. The summed E-state index contributed by atoms with van der Waals surface area (Å²) in [4.78, 5) is 23.3. The molecule has 0 spiro atoms. The standard InChI is InChI=1S/C10H14N2O2S/c1-4-7(13)12-8-6(2)5-15-9(8)10(14)11-3/h5H,4H2,1-3H3,(H,11,14)(H,12,13). The molecule has 0 saturated heterocycles. The maximum Gasteiger partial charge on any atom is 0.263 e. The van der Waals surface area contributed by atoms with Gasteiger partial charge in [-0.15, -0.1) is 11.3 Å². The van der Waals surface area contributed by atoms with E-state index in [1.54, 1.807) is 14.0 Å². The van der Waals surface area contributed by atoms with Gasteiger partial charge in [-0.1, -0.05) is 6.92 Å². The normalized spacial score (nSPS) is 9.80. The summed E-state index contributed by atoms with van der Waals surface area (Å²) >= 11 is 1.33. The molecule has 0 saturated carbocycles. The van der Waals surface area contributed by atoms with Crippen LogP contribution in [0.15, 0.2) is 5.38 Å². The van der Waals surface area contributed by atoms with Crippen LogP contribution in [0.1, 0.15) is 28.6 Å². The number of nitrogens with one attached hydrogen (secondary N) is 2. The first-order valence-corrected chi connectivity index (χ1v) is 5.58. The van der Waals surface area contributed by atoms with Crippen molar-refractivity contribution < 1.29 is 9.59 Å². The van der Waals surface area contributed by atoms with Gasteiger partial charge >= 0.3 is 0 Å². The molecule has 4 nitrogen and oxygen atoms in total. The van der Waals surface area contributed by atoms with Crippen molar-refractivity contribution in [2.24, 2.45) is 0 Å². The van der Waals surface area contributed by atoms with Crippen molar-refractivity contribution in [2.45, 2.75) is 20.3 Å². The van der Waals surface area contributed by atoms with Crippen LogP contribution in [0.5, 0.6) is 0 Å². The van der Waals surface area contributed by atoms with Gasteiger partial charge in [0.05, 0.1) is 5.69 Å². The lowest BCUT2D eigenvalue weighted by molar-refractivity contribution is -0.115. The maximum atomic E-state index is 11.5. The molecule has 0 aliphatic heterocycles. The molecular weight excluding hydrogens is 212 g/mol. The number of anilines is 1. The molecule has 0 atom stereocenters. The van der Waals surface area contributed by atoms with Gasteiger partial charge < -0.3 is 10.6 Å². The molecule has 1 aromatic rings. The first-order valence-electron chi connectivity index (χ1n) is 4.70. The van der Waals surface area contributed by atoms with E-state index >= 15 is 0 Å². The molecule has 0 bridgehead atoms. The van der Waals surface area contributed by atoms with Crippen molar-refractivity contribution in [3.05, 3.63) is 15.8 Å². The summed E-state index contributed by atoms with van der Waals surface area (Å²) in [6.07, 6.45) is 0.405. The Morgan fingerprint density at radius 3 is 2.67 bits per heavy atom. The Balaban J connectivity index is 2.99. The lowest BCUT2D eigenvalue weighted by atomic mass is 10.2. The first kappa shape index (κ1) is 11.7. The van der Waals surface area contributed by atoms with Crippen molar-refractivity contribution in [3.63, 3.8) is 0 Å². The molecule has 0 unspecified atom stereocenters. The van der Waals surface area contributed by atoms with Crippen molar-refractivity contribution >= 4 is 28.8 Å². The van der Waals surface area contributed by atoms with Gasteiger partial charge in [0.15, 0.2) is 0 Å². The molecule has 0 aliphatic rings. The Bertz CT molecular complexity index is 385. The quantitative estimate of drug-likeness (QED) is 0.825. The molecule has 15 heavy (non-hydrogen) atoms. The van der Waals surface area contributed by atoms with Crippen molar-refractivity contribution in [1.29, 1.82) is 0 Å². The van der Waals surface area contributed by atoms with E-state index in [4.69, 9.17) is 0 Å². The van der Waals surface area contributed by atoms with E-state index in [0.717, 1.165) is 5.56 Å². The Morgan fingerprint density at radius 1 is 1.47 bits per heavy atom. The van der Waals surface area contributed by atoms with Crippen LogP contribution in [0.4, 0.5) is 5.69 Å². The maximum absolute atomic E-state index is 11.5. The van der Waals surface area contributed by atoms with E-state index in [1.165, 1.54) is 11.3 Å². The van der Waals surface area contributed by atoms with Gasteiger partial charge in [-0.05, 0) is 17.9 Å². The van der Waals surface area contributed by atoms with E-state index in [1.807, 2.05) is 12.3 Å². The van der Waals surface area contributed by atoms with Crippen LogP contribution in [0.25, 0.3) is 0 Å². The van der Waals surface area contributed by atoms with Crippen molar-refractivity contribution in [2.75, 3.05) is 12.4 Å². The van der Waals surface area contributed by atoms with Crippen LogP contribution in [-0.4, -0.2) is 18.9 Å². The minimum atomic E-state index is -0.167. The number of carbonyl (C=O) groups excluding carboxylic acids is 2. The molecule has 0 radical (unpaired) electrons. The van der Waals surface area contributed by atoms with Gasteiger partial charge in [0, 0.05) is 13.5 Å².